The number of fused-ring (bicyclic) bond motifs is 3. The van der Waals surface area contributed by atoms with E-state index in [9.17, 15) is 27.2 Å². The molecule has 3 fully saturated rings. The molecular formula is C36H45F4N5O2. The van der Waals surface area contributed by atoms with Crippen molar-refractivity contribution in [3.8, 4) is 0 Å². The van der Waals surface area contributed by atoms with Crippen LogP contribution >= 0.6 is 0 Å². The summed E-state index contributed by atoms with van der Waals surface area (Å²) in [5.41, 5.74) is 0.993. The number of halogens is 4. The average molecular weight is 656 g/mol. The Morgan fingerprint density at radius 2 is 1.66 bits per heavy atom. The highest BCUT2D eigenvalue weighted by Gasteiger charge is 2.50. The van der Waals surface area contributed by atoms with Gasteiger partial charge in [0.25, 0.3) is 0 Å². The van der Waals surface area contributed by atoms with Gasteiger partial charge in [-0.1, -0.05) is 38.1 Å². The van der Waals surface area contributed by atoms with Crippen molar-refractivity contribution in [3.63, 3.8) is 0 Å². The Morgan fingerprint density at radius 1 is 1.00 bits per heavy atom. The number of para-hydroxylation sites is 2. The monoisotopic (exact) mass is 655 g/mol. The van der Waals surface area contributed by atoms with Crippen LogP contribution in [0.1, 0.15) is 83.1 Å². The molecule has 11 heteroatoms. The maximum atomic E-state index is 14.6. The minimum atomic E-state index is -5.09. The minimum Gasteiger partial charge on any atom is -0.341 e. The fraction of sp³-hybridized carbons (Fsp3) is 0.583. The van der Waals surface area contributed by atoms with Gasteiger partial charge < -0.3 is 14.8 Å². The van der Waals surface area contributed by atoms with Gasteiger partial charge in [-0.15, -0.1) is 0 Å². The predicted molar refractivity (Wildman–Crippen MR) is 172 cm³/mol. The molecule has 2 aromatic carbocycles. The van der Waals surface area contributed by atoms with Crippen LogP contribution in [0.4, 0.5) is 17.6 Å². The molecule has 0 radical (unpaired) electrons. The summed E-state index contributed by atoms with van der Waals surface area (Å²) >= 11 is 0. The number of benzene rings is 2. The van der Waals surface area contributed by atoms with Gasteiger partial charge in [-0.25, -0.2) is 9.37 Å². The fourth-order valence-electron chi connectivity index (χ4n) is 8.51. The number of hydrogen-bond donors (Lipinski definition) is 1. The van der Waals surface area contributed by atoms with Gasteiger partial charge >= 0.3 is 12.1 Å². The third kappa shape index (κ3) is 6.27. The molecule has 3 atom stereocenters. The van der Waals surface area contributed by atoms with E-state index in [4.69, 9.17) is 4.98 Å². The van der Waals surface area contributed by atoms with Crippen LogP contribution in [0.3, 0.4) is 0 Å². The van der Waals surface area contributed by atoms with Crippen LogP contribution < -0.4 is 5.32 Å². The first-order valence-electron chi connectivity index (χ1n) is 16.9. The summed E-state index contributed by atoms with van der Waals surface area (Å²) in [6, 6.07) is 16.3. The number of carbonyl (C=O) groups is 2. The van der Waals surface area contributed by atoms with Crippen molar-refractivity contribution in [1.29, 1.82) is 0 Å². The van der Waals surface area contributed by atoms with Gasteiger partial charge in [0.05, 0.1) is 11.0 Å². The summed E-state index contributed by atoms with van der Waals surface area (Å²) in [4.78, 5) is 34.7. The van der Waals surface area contributed by atoms with Crippen LogP contribution in [-0.4, -0.2) is 74.6 Å². The molecule has 3 unspecified atom stereocenters. The van der Waals surface area contributed by atoms with Crippen LogP contribution in [0.2, 0.25) is 0 Å². The van der Waals surface area contributed by atoms with E-state index in [2.05, 4.69) is 34.6 Å². The molecule has 2 amide bonds. The summed E-state index contributed by atoms with van der Waals surface area (Å²) in [7, 11) is 0. The number of hydrogen-bond acceptors (Lipinski definition) is 4. The minimum absolute atomic E-state index is 0.307. The number of nitrogens with zero attached hydrogens (tertiary/aromatic N) is 4. The highest BCUT2D eigenvalue weighted by Crippen LogP contribution is 2.45. The average Bonchev–Trinajstić information content (AvgIpc) is 3.49. The summed E-state index contributed by atoms with van der Waals surface area (Å²) in [5.74, 6) is -2.49. The molecule has 254 valence electrons. The van der Waals surface area contributed by atoms with Crippen molar-refractivity contribution in [3.05, 3.63) is 65.7 Å². The van der Waals surface area contributed by atoms with Gasteiger partial charge in [0.2, 0.25) is 5.91 Å². The molecule has 7 nitrogen and oxygen atoms in total. The van der Waals surface area contributed by atoms with E-state index in [1.165, 1.54) is 18.5 Å². The number of imidazole rings is 1. The van der Waals surface area contributed by atoms with E-state index in [-0.39, 0.29) is 5.82 Å². The Bertz CT molecular complexity index is 1610. The molecule has 3 aromatic rings. The fourth-order valence-corrected chi connectivity index (χ4v) is 8.51. The lowest BCUT2D eigenvalue weighted by Crippen LogP contribution is -2.64. The number of nitrogens with one attached hydrogen (secondary N) is 1. The quantitative estimate of drug-likeness (QED) is 0.275. The number of amides is 2. The number of aromatic nitrogens is 2. The topological polar surface area (TPSA) is 70.5 Å². The third-order valence-electron chi connectivity index (χ3n) is 11.5. The molecule has 4 heterocycles. The molecule has 6 rings (SSSR count). The molecule has 3 aliphatic rings. The van der Waals surface area contributed by atoms with Gasteiger partial charge in [-0.05, 0) is 106 Å². The first-order valence-corrected chi connectivity index (χ1v) is 16.9. The maximum Gasteiger partial charge on any atom is 0.471 e. The van der Waals surface area contributed by atoms with Crippen molar-refractivity contribution in [2.75, 3.05) is 19.6 Å². The number of likely N-dealkylation sites (tertiary alicyclic amines) is 1. The van der Waals surface area contributed by atoms with Crippen LogP contribution in [0.15, 0.2) is 48.5 Å². The highest BCUT2D eigenvalue weighted by atomic mass is 19.4. The van der Waals surface area contributed by atoms with Crippen molar-refractivity contribution in [2.24, 2.45) is 5.92 Å². The second-order valence-electron chi connectivity index (χ2n) is 14.4. The first-order chi connectivity index (χ1) is 22.2. The Morgan fingerprint density at radius 3 is 2.28 bits per heavy atom. The van der Waals surface area contributed by atoms with Gasteiger partial charge in [0.15, 0.2) is 0 Å². The molecule has 1 aromatic heterocycles. The zero-order valence-electron chi connectivity index (χ0n) is 27.6. The Hall–Kier alpha value is -3.47. The van der Waals surface area contributed by atoms with Crippen LogP contribution in [0.25, 0.3) is 11.0 Å². The number of rotatable bonds is 8. The van der Waals surface area contributed by atoms with E-state index in [1.54, 1.807) is 30.9 Å². The second-order valence-corrected chi connectivity index (χ2v) is 14.4. The van der Waals surface area contributed by atoms with Gasteiger partial charge in [-0.2, -0.15) is 13.2 Å². The second kappa shape index (κ2) is 12.5. The number of aryl methyl sites for hydroxylation is 1. The summed E-state index contributed by atoms with van der Waals surface area (Å²) in [6.07, 6.45) is 1.17. The standard InChI is InChI=1S/C36H45F4N5O2/c1-23(2)34(4,42-32(46)36(38,39)40)33(47)43-17-14-35(15-18-43,25-8-7-9-26(37)20-25)16-19-44-27-12-13-28(44)22-29(21-27)45-24(3)41-30-10-5-6-11-31(30)45/h5-11,20,23,27-29H,12-19,21-22H2,1-4H3,(H,42,46). The molecule has 1 N–H and O–H groups in total. The number of alkyl halides is 3. The number of carbonyl (C=O) groups excluding carboxylic acids is 2. The Kier molecular flexibility index (Phi) is 8.91. The Balaban J connectivity index is 1.18. The normalized spacial score (nSPS) is 24.4. The SMILES string of the molecule is Cc1nc2ccccc2n1C1CC2CCC(C1)N2CCC1(c2cccc(F)c2)CCN(C(=O)C(C)(NC(=O)C(F)(F)F)C(C)C)CC1. The molecule has 3 saturated heterocycles. The molecule has 0 spiro atoms. The summed E-state index contributed by atoms with van der Waals surface area (Å²) in [6.45, 7) is 8.17. The van der Waals surface area contributed by atoms with E-state index < -0.39 is 34.9 Å². The third-order valence-corrected chi connectivity index (χ3v) is 11.5. The maximum absolute atomic E-state index is 14.6. The Labute approximate surface area is 273 Å². The van der Waals surface area contributed by atoms with Crippen molar-refractivity contribution in [2.45, 2.75) is 108 Å². The smallest absolute Gasteiger partial charge is 0.341 e. The van der Waals surface area contributed by atoms with E-state index in [0.717, 1.165) is 55.6 Å². The highest BCUT2D eigenvalue weighted by molar-refractivity contribution is 5.93. The largest absolute Gasteiger partial charge is 0.471 e. The van der Waals surface area contributed by atoms with Crippen LogP contribution in [0, 0.1) is 18.7 Å². The zero-order chi connectivity index (χ0) is 33.7. The van der Waals surface area contributed by atoms with Crippen LogP contribution in [-0.2, 0) is 15.0 Å². The van der Waals surface area contributed by atoms with Crippen molar-refractivity contribution >= 4 is 22.8 Å². The lowest BCUT2D eigenvalue weighted by Gasteiger charge is -2.47. The molecule has 0 saturated carbocycles. The van der Waals surface area contributed by atoms with Gasteiger partial charge in [0, 0.05) is 31.2 Å². The van der Waals surface area contributed by atoms with Gasteiger partial charge in [-0.3, -0.25) is 14.5 Å². The summed E-state index contributed by atoms with van der Waals surface area (Å²) < 4.78 is 56.5. The summed E-state index contributed by atoms with van der Waals surface area (Å²) in [5, 5.41) is 1.98. The van der Waals surface area contributed by atoms with E-state index >= 15 is 0 Å². The first kappa shape index (κ1) is 33.4. The molecular weight excluding hydrogens is 610 g/mol. The lowest BCUT2D eigenvalue weighted by molar-refractivity contribution is -0.177. The molecule has 2 bridgehead atoms. The van der Waals surface area contributed by atoms with Crippen molar-refractivity contribution in [1.82, 2.24) is 24.7 Å². The number of piperidine rings is 2. The van der Waals surface area contributed by atoms with Crippen molar-refractivity contribution < 1.29 is 27.2 Å². The molecule has 3 aliphatic heterocycles. The zero-order valence-corrected chi connectivity index (χ0v) is 27.6. The van der Waals surface area contributed by atoms with Gasteiger partial charge in [0.1, 0.15) is 17.2 Å². The lowest BCUT2D eigenvalue weighted by atomic mass is 9.69. The van der Waals surface area contributed by atoms with Crippen LogP contribution in [0.5, 0.6) is 0 Å². The predicted octanol–water partition coefficient (Wildman–Crippen LogP) is 6.70. The molecule has 47 heavy (non-hydrogen) atoms. The molecule has 0 aliphatic carbocycles. The van der Waals surface area contributed by atoms with E-state index in [1.807, 2.05) is 17.4 Å². The van der Waals surface area contributed by atoms with E-state index in [0.29, 0.717) is 44.1 Å².